The van der Waals surface area contributed by atoms with Crippen molar-refractivity contribution in [3.8, 4) is 0 Å². The number of benzene rings is 1. The van der Waals surface area contributed by atoms with Crippen molar-refractivity contribution in [1.82, 2.24) is 4.31 Å². The Balaban J connectivity index is 2.45. The maximum absolute atomic E-state index is 12.7. The molecule has 20 heavy (non-hydrogen) atoms. The Morgan fingerprint density at radius 1 is 1.25 bits per heavy atom. The van der Waals surface area contributed by atoms with E-state index in [2.05, 4.69) is 0 Å². The molecule has 0 bridgehead atoms. The fourth-order valence-electron chi connectivity index (χ4n) is 2.31. The third kappa shape index (κ3) is 3.04. The topological polar surface area (TPSA) is 72.6 Å². The lowest BCUT2D eigenvalue weighted by atomic mass is 10.3. The number of anilines is 1. The summed E-state index contributed by atoms with van der Waals surface area (Å²) in [7, 11) is -3.77. The van der Waals surface area contributed by atoms with Crippen LogP contribution in [0.2, 0.25) is 10.0 Å². The third-order valence-corrected chi connectivity index (χ3v) is 5.60. The molecule has 0 spiro atoms. The smallest absolute Gasteiger partial charge is 0.246 e. The summed E-state index contributed by atoms with van der Waals surface area (Å²) in [4.78, 5) is -0.0927. The van der Waals surface area contributed by atoms with Crippen molar-refractivity contribution in [3.63, 3.8) is 0 Å². The molecular formula is C12H16Cl2N2O3S. The van der Waals surface area contributed by atoms with E-state index in [1.165, 1.54) is 16.4 Å². The summed E-state index contributed by atoms with van der Waals surface area (Å²) in [6.07, 6.45) is -0.360. The fourth-order valence-corrected chi connectivity index (χ4v) is 4.84. The number of nitrogens with two attached hydrogens (primary N) is 1. The first-order valence-electron chi connectivity index (χ1n) is 6.12. The molecule has 0 aliphatic carbocycles. The van der Waals surface area contributed by atoms with Gasteiger partial charge < -0.3 is 10.5 Å². The fraction of sp³-hybridized carbons (Fsp3) is 0.500. The van der Waals surface area contributed by atoms with Gasteiger partial charge in [0.2, 0.25) is 10.0 Å². The lowest BCUT2D eigenvalue weighted by Crippen LogP contribution is -2.48. The second-order valence-corrected chi connectivity index (χ2v) is 7.60. The van der Waals surface area contributed by atoms with Gasteiger partial charge in [-0.05, 0) is 26.0 Å². The Hall–Kier alpha value is -0.530. The van der Waals surface area contributed by atoms with E-state index in [0.717, 1.165) is 0 Å². The zero-order valence-corrected chi connectivity index (χ0v) is 13.5. The largest absolute Gasteiger partial charge is 0.398 e. The van der Waals surface area contributed by atoms with E-state index in [1.54, 1.807) is 0 Å². The molecule has 0 amide bonds. The molecule has 0 aromatic heterocycles. The van der Waals surface area contributed by atoms with E-state index < -0.39 is 10.0 Å². The Morgan fingerprint density at radius 2 is 1.80 bits per heavy atom. The van der Waals surface area contributed by atoms with Gasteiger partial charge in [0.1, 0.15) is 4.90 Å². The molecule has 0 radical (unpaired) electrons. The van der Waals surface area contributed by atoms with Crippen molar-refractivity contribution in [2.24, 2.45) is 0 Å². The number of sulfonamides is 1. The summed E-state index contributed by atoms with van der Waals surface area (Å²) < 4.78 is 32.3. The van der Waals surface area contributed by atoms with Gasteiger partial charge in [0.15, 0.2) is 0 Å². The molecule has 1 saturated heterocycles. The number of rotatable bonds is 2. The standard InChI is InChI=1S/C12H16Cl2N2O3S/c1-7-5-16(6-8(2)19-7)20(17,18)12-10(14)3-9(13)4-11(12)15/h3-4,7-8H,5-6,15H2,1-2H3. The average Bonchev–Trinajstić information content (AvgIpc) is 2.25. The van der Waals surface area contributed by atoms with E-state index in [4.69, 9.17) is 33.7 Å². The van der Waals surface area contributed by atoms with E-state index in [-0.39, 0.29) is 40.9 Å². The van der Waals surface area contributed by atoms with Crippen LogP contribution in [-0.4, -0.2) is 38.0 Å². The molecule has 1 aliphatic heterocycles. The molecule has 8 heteroatoms. The third-order valence-electron chi connectivity index (χ3n) is 3.02. The van der Waals surface area contributed by atoms with Gasteiger partial charge in [0.05, 0.1) is 22.9 Å². The molecule has 2 atom stereocenters. The van der Waals surface area contributed by atoms with Gasteiger partial charge >= 0.3 is 0 Å². The van der Waals surface area contributed by atoms with Crippen LogP contribution < -0.4 is 5.73 Å². The summed E-state index contributed by atoms with van der Waals surface area (Å²) in [5.41, 5.74) is 5.83. The highest BCUT2D eigenvalue weighted by molar-refractivity contribution is 7.89. The molecule has 1 fully saturated rings. The first-order chi connectivity index (χ1) is 9.21. The average molecular weight is 339 g/mol. The molecule has 1 aliphatic rings. The first kappa shape index (κ1) is 15.9. The van der Waals surface area contributed by atoms with E-state index >= 15 is 0 Å². The van der Waals surface area contributed by atoms with Crippen molar-refractivity contribution in [2.45, 2.75) is 31.0 Å². The molecule has 2 N–H and O–H groups in total. The van der Waals surface area contributed by atoms with Crippen LogP contribution in [0.15, 0.2) is 17.0 Å². The minimum Gasteiger partial charge on any atom is -0.398 e. The van der Waals surface area contributed by atoms with Crippen LogP contribution in [0.1, 0.15) is 13.8 Å². The molecule has 112 valence electrons. The molecular weight excluding hydrogens is 323 g/mol. The lowest BCUT2D eigenvalue weighted by molar-refractivity contribution is -0.0440. The molecule has 2 unspecified atom stereocenters. The van der Waals surface area contributed by atoms with E-state index in [0.29, 0.717) is 5.02 Å². The normalized spacial score (nSPS) is 24.8. The second kappa shape index (κ2) is 5.69. The number of halogens is 2. The summed E-state index contributed by atoms with van der Waals surface area (Å²) in [6.45, 7) is 4.19. The number of hydrogen-bond donors (Lipinski definition) is 1. The van der Waals surface area contributed by atoms with Crippen molar-refractivity contribution in [2.75, 3.05) is 18.8 Å². The van der Waals surface area contributed by atoms with Crippen molar-refractivity contribution in [3.05, 3.63) is 22.2 Å². The zero-order chi connectivity index (χ0) is 15.1. The maximum Gasteiger partial charge on any atom is 0.246 e. The molecule has 0 saturated carbocycles. The summed E-state index contributed by atoms with van der Waals surface area (Å²) in [6, 6.07) is 2.76. The highest BCUT2D eigenvalue weighted by Crippen LogP contribution is 2.34. The summed E-state index contributed by atoms with van der Waals surface area (Å²) in [5.74, 6) is 0. The van der Waals surface area contributed by atoms with Crippen LogP contribution in [0, 0.1) is 0 Å². The van der Waals surface area contributed by atoms with Crippen LogP contribution in [0.25, 0.3) is 0 Å². The van der Waals surface area contributed by atoms with Crippen LogP contribution in [0.4, 0.5) is 5.69 Å². The van der Waals surface area contributed by atoms with Crippen molar-refractivity contribution < 1.29 is 13.2 Å². The quantitative estimate of drug-likeness (QED) is 0.840. The highest BCUT2D eigenvalue weighted by Gasteiger charge is 2.34. The molecule has 1 aromatic rings. The maximum atomic E-state index is 12.7. The van der Waals surface area contributed by atoms with Gasteiger partial charge in [-0.2, -0.15) is 4.31 Å². The molecule has 2 rings (SSSR count). The zero-order valence-electron chi connectivity index (χ0n) is 11.1. The minimum absolute atomic E-state index is 0.0294. The number of morpholine rings is 1. The van der Waals surface area contributed by atoms with Crippen LogP contribution in [0.5, 0.6) is 0 Å². The van der Waals surface area contributed by atoms with Gasteiger partial charge in [-0.25, -0.2) is 8.42 Å². The number of hydrogen-bond acceptors (Lipinski definition) is 4. The lowest BCUT2D eigenvalue weighted by Gasteiger charge is -2.34. The van der Waals surface area contributed by atoms with Crippen LogP contribution in [0.3, 0.4) is 0 Å². The Labute approximate surface area is 128 Å². The van der Waals surface area contributed by atoms with Crippen molar-refractivity contribution in [1.29, 1.82) is 0 Å². The number of ether oxygens (including phenoxy) is 1. The van der Waals surface area contributed by atoms with Crippen LogP contribution >= 0.6 is 23.2 Å². The first-order valence-corrected chi connectivity index (χ1v) is 8.31. The second-order valence-electron chi connectivity index (χ2n) is 4.89. The van der Waals surface area contributed by atoms with E-state index in [1.807, 2.05) is 13.8 Å². The Bertz CT molecular complexity index is 588. The minimum atomic E-state index is -3.77. The SMILES string of the molecule is CC1CN(S(=O)(=O)c2c(N)cc(Cl)cc2Cl)CC(C)O1. The summed E-state index contributed by atoms with van der Waals surface area (Å²) >= 11 is 11.8. The van der Waals surface area contributed by atoms with Gasteiger partial charge in [-0.15, -0.1) is 0 Å². The monoisotopic (exact) mass is 338 g/mol. The van der Waals surface area contributed by atoms with Gasteiger partial charge in [0, 0.05) is 18.1 Å². The van der Waals surface area contributed by atoms with Crippen LogP contribution in [-0.2, 0) is 14.8 Å². The molecule has 5 nitrogen and oxygen atoms in total. The Morgan fingerprint density at radius 3 is 2.30 bits per heavy atom. The molecule has 1 aromatic carbocycles. The predicted octanol–water partition coefficient (Wildman–Crippen LogP) is 2.37. The van der Waals surface area contributed by atoms with Gasteiger partial charge in [-0.3, -0.25) is 0 Å². The van der Waals surface area contributed by atoms with Gasteiger partial charge in [-0.1, -0.05) is 23.2 Å². The number of nitrogen functional groups attached to an aromatic ring is 1. The van der Waals surface area contributed by atoms with Gasteiger partial charge in [0.25, 0.3) is 0 Å². The molecule has 1 heterocycles. The van der Waals surface area contributed by atoms with Crippen molar-refractivity contribution >= 4 is 38.9 Å². The number of nitrogens with zero attached hydrogens (tertiary/aromatic N) is 1. The van der Waals surface area contributed by atoms with E-state index in [9.17, 15) is 8.42 Å². The predicted molar refractivity (Wildman–Crippen MR) is 79.6 cm³/mol. The summed E-state index contributed by atoms with van der Waals surface area (Å²) in [5, 5.41) is 0.331. The Kier molecular flexibility index (Phi) is 4.51. The highest BCUT2D eigenvalue weighted by atomic mass is 35.5.